The number of amides is 2. The van der Waals surface area contributed by atoms with E-state index in [1.54, 1.807) is 9.80 Å². The second-order valence-corrected chi connectivity index (χ2v) is 7.28. The number of carbonyl (C=O) groups excluding carboxylic acids is 2. The Balaban J connectivity index is 1.95. The lowest BCUT2D eigenvalue weighted by atomic mass is 9.91. The van der Waals surface area contributed by atoms with Gasteiger partial charge in [-0.3, -0.25) is 9.59 Å². The second kappa shape index (κ2) is 5.57. The molecule has 2 saturated heterocycles. The largest absolute Gasteiger partial charge is 0.393 e. The van der Waals surface area contributed by atoms with Gasteiger partial charge in [0, 0.05) is 31.6 Å². The molecule has 6 nitrogen and oxygen atoms in total. The molecule has 2 heterocycles. The molecule has 0 aliphatic carbocycles. The number of hydrogen-bond donors (Lipinski definition) is 2. The zero-order valence-corrected chi connectivity index (χ0v) is 13.1. The van der Waals surface area contributed by atoms with E-state index in [2.05, 4.69) is 0 Å². The van der Waals surface area contributed by atoms with E-state index in [1.165, 1.54) is 0 Å². The number of hydrogen-bond acceptors (Lipinski definition) is 4. The Labute approximate surface area is 125 Å². The van der Waals surface area contributed by atoms with Gasteiger partial charge in [0.15, 0.2) is 0 Å². The summed E-state index contributed by atoms with van der Waals surface area (Å²) in [7, 11) is 0. The average molecular weight is 298 g/mol. The minimum absolute atomic E-state index is 0.00455. The first kappa shape index (κ1) is 16.2. The number of aliphatic hydroxyl groups is 2. The summed E-state index contributed by atoms with van der Waals surface area (Å²) in [6.07, 6.45) is 1.05. The van der Waals surface area contributed by atoms with E-state index in [0.29, 0.717) is 32.5 Å². The highest BCUT2D eigenvalue weighted by Crippen LogP contribution is 2.29. The molecule has 2 fully saturated rings. The van der Waals surface area contributed by atoms with Gasteiger partial charge in [-0.2, -0.15) is 0 Å². The third-order valence-electron chi connectivity index (χ3n) is 4.58. The topological polar surface area (TPSA) is 81.1 Å². The Morgan fingerprint density at radius 3 is 2.33 bits per heavy atom. The molecule has 1 atom stereocenters. The maximum Gasteiger partial charge on any atom is 0.227 e. The van der Waals surface area contributed by atoms with E-state index in [1.807, 2.05) is 20.8 Å². The molecule has 0 aromatic rings. The van der Waals surface area contributed by atoms with Crippen molar-refractivity contribution in [2.24, 2.45) is 5.92 Å². The third kappa shape index (κ3) is 3.37. The number of nitrogens with zero attached hydrogens (tertiary/aromatic N) is 2. The van der Waals surface area contributed by atoms with Crippen LogP contribution in [0.2, 0.25) is 0 Å². The van der Waals surface area contributed by atoms with Crippen LogP contribution >= 0.6 is 0 Å². The molecular formula is C15H26N2O4. The van der Waals surface area contributed by atoms with Gasteiger partial charge in [-0.15, -0.1) is 0 Å². The minimum atomic E-state index is -1.06. The molecule has 2 rings (SSSR count). The molecule has 2 aliphatic heterocycles. The van der Waals surface area contributed by atoms with Crippen molar-refractivity contribution >= 4 is 11.8 Å². The van der Waals surface area contributed by atoms with Crippen LogP contribution in [0.25, 0.3) is 0 Å². The van der Waals surface area contributed by atoms with Gasteiger partial charge < -0.3 is 20.0 Å². The van der Waals surface area contributed by atoms with Crippen molar-refractivity contribution in [1.29, 1.82) is 0 Å². The van der Waals surface area contributed by atoms with Gasteiger partial charge in [0.25, 0.3) is 0 Å². The fourth-order valence-electron chi connectivity index (χ4n) is 3.08. The van der Waals surface area contributed by atoms with Crippen LogP contribution in [-0.2, 0) is 9.59 Å². The van der Waals surface area contributed by atoms with Crippen molar-refractivity contribution in [2.45, 2.75) is 51.2 Å². The zero-order valence-electron chi connectivity index (χ0n) is 13.1. The zero-order chi connectivity index (χ0) is 15.8. The fourth-order valence-corrected chi connectivity index (χ4v) is 3.08. The van der Waals surface area contributed by atoms with Gasteiger partial charge in [0.05, 0.1) is 18.1 Å². The first-order chi connectivity index (χ1) is 9.66. The Kier molecular flexibility index (Phi) is 4.31. The van der Waals surface area contributed by atoms with Gasteiger partial charge in [0.2, 0.25) is 11.8 Å². The molecule has 0 radical (unpaired) electrons. The van der Waals surface area contributed by atoms with E-state index in [4.69, 9.17) is 5.11 Å². The van der Waals surface area contributed by atoms with Crippen LogP contribution in [0.4, 0.5) is 0 Å². The maximum absolute atomic E-state index is 12.5. The van der Waals surface area contributed by atoms with E-state index in [0.717, 1.165) is 0 Å². The molecule has 1 unspecified atom stereocenters. The Morgan fingerprint density at radius 2 is 1.90 bits per heavy atom. The Morgan fingerprint density at radius 1 is 1.33 bits per heavy atom. The van der Waals surface area contributed by atoms with Crippen molar-refractivity contribution in [3.8, 4) is 0 Å². The van der Waals surface area contributed by atoms with Crippen LogP contribution in [-0.4, -0.2) is 69.2 Å². The summed E-state index contributed by atoms with van der Waals surface area (Å²) in [5, 5.41) is 19.1. The smallest absolute Gasteiger partial charge is 0.227 e. The first-order valence-corrected chi connectivity index (χ1v) is 7.59. The van der Waals surface area contributed by atoms with Gasteiger partial charge in [-0.1, -0.05) is 0 Å². The molecule has 0 saturated carbocycles. The molecule has 0 bridgehead atoms. The van der Waals surface area contributed by atoms with Gasteiger partial charge in [-0.25, -0.2) is 0 Å². The van der Waals surface area contributed by atoms with E-state index < -0.39 is 5.60 Å². The monoisotopic (exact) mass is 298 g/mol. The number of rotatable bonds is 2. The summed E-state index contributed by atoms with van der Waals surface area (Å²) in [6, 6.07) is 0. The summed E-state index contributed by atoms with van der Waals surface area (Å²) in [5.74, 6) is -0.253. The van der Waals surface area contributed by atoms with E-state index in [-0.39, 0.29) is 36.3 Å². The number of likely N-dealkylation sites (tertiary alicyclic amines) is 2. The molecule has 2 aliphatic rings. The molecule has 120 valence electrons. The standard InChI is InChI=1S/C15H26N2O4/c1-14(2,3)17-9-11(8-12(17)19)13(20)16-6-4-15(21,10-18)5-7-16/h11,18,21H,4-10H2,1-3H3. The molecule has 0 spiro atoms. The van der Waals surface area contributed by atoms with Crippen LogP contribution in [0, 0.1) is 5.92 Å². The number of piperidine rings is 1. The van der Waals surface area contributed by atoms with Crippen LogP contribution < -0.4 is 0 Å². The third-order valence-corrected chi connectivity index (χ3v) is 4.58. The number of aliphatic hydroxyl groups excluding tert-OH is 1. The second-order valence-electron chi connectivity index (χ2n) is 7.28. The van der Waals surface area contributed by atoms with E-state index >= 15 is 0 Å². The molecule has 0 aromatic carbocycles. The van der Waals surface area contributed by atoms with Crippen molar-refractivity contribution in [3.05, 3.63) is 0 Å². The highest BCUT2D eigenvalue weighted by atomic mass is 16.3. The van der Waals surface area contributed by atoms with Crippen LogP contribution in [0.3, 0.4) is 0 Å². The molecule has 2 amide bonds. The summed E-state index contributed by atoms with van der Waals surface area (Å²) in [5.41, 5.74) is -1.31. The van der Waals surface area contributed by atoms with Crippen molar-refractivity contribution in [2.75, 3.05) is 26.2 Å². The average Bonchev–Trinajstić information content (AvgIpc) is 2.81. The van der Waals surface area contributed by atoms with E-state index in [9.17, 15) is 14.7 Å². The van der Waals surface area contributed by atoms with Crippen molar-refractivity contribution in [3.63, 3.8) is 0 Å². The highest BCUT2D eigenvalue weighted by molar-refractivity contribution is 5.89. The first-order valence-electron chi connectivity index (χ1n) is 7.59. The highest BCUT2D eigenvalue weighted by Gasteiger charge is 2.42. The van der Waals surface area contributed by atoms with Gasteiger partial charge in [-0.05, 0) is 33.6 Å². The summed E-state index contributed by atoms with van der Waals surface area (Å²) in [4.78, 5) is 28.1. The molecule has 2 N–H and O–H groups in total. The van der Waals surface area contributed by atoms with Crippen LogP contribution in [0.1, 0.15) is 40.0 Å². The van der Waals surface area contributed by atoms with Crippen molar-refractivity contribution < 1.29 is 19.8 Å². The molecule has 0 aromatic heterocycles. The van der Waals surface area contributed by atoms with Crippen molar-refractivity contribution in [1.82, 2.24) is 9.80 Å². The Hall–Kier alpha value is -1.14. The van der Waals surface area contributed by atoms with Crippen LogP contribution in [0.5, 0.6) is 0 Å². The van der Waals surface area contributed by atoms with Gasteiger partial charge >= 0.3 is 0 Å². The minimum Gasteiger partial charge on any atom is -0.393 e. The predicted octanol–water partition coefficient (Wildman–Crippen LogP) is -0.0208. The molecular weight excluding hydrogens is 272 g/mol. The lowest BCUT2D eigenvalue weighted by Gasteiger charge is -2.38. The predicted molar refractivity (Wildman–Crippen MR) is 77.4 cm³/mol. The van der Waals surface area contributed by atoms with Gasteiger partial charge in [0.1, 0.15) is 0 Å². The quantitative estimate of drug-likeness (QED) is 0.751. The number of carbonyl (C=O) groups is 2. The summed E-state index contributed by atoms with van der Waals surface area (Å²) in [6.45, 7) is 7.00. The molecule has 21 heavy (non-hydrogen) atoms. The summed E-state index contributed by atoms with van der Waals surface area (Å²) >= 11 is 0. The lowest BCUT2D eigenvalue weighted by Crippen LogP contribution is -2.50. The maximum atomic E-state index is 12.5. The summed E-state index contributed by atoms with van der Waals surface area (Å²) < 4.78 is 0. The normalized spacial score (nSPS) is 26.3. The van der Waals surface area contributed by atoms with Crippen LogP contribution in [0.15, 0.2) is 0 Å². The Bertz CT molecular complexity index is 422. The fraction of sp³-hybridized carbons (Fsp3) is 0.867. The SMILES string of the molecule is CC(C)(C)N1CC(C(=O)N2CCC(O)(CO)CC2)CC1=O. The lowest BCUT2D eigenvalue weighted by molar-refractivity contribution is -0.141. The molecule has 6 heteroatoms.